The van der Waals surface area contributed by atoms with E-state index in [9.17, 15) is 0 Å². The molecule has 0 aromatic heterocycles. The van der Waals surface area contributed by atoms with Gasteiger partial charge in [0.2, 0.25) is 0 Å². The van der Waals surface area contributed by atoms with Gasteiger partial charge in [-0.2, -0.15) is 0 Å². The van der Waals surface area contributed by atoms with Gasteiger partial charge in [0.1, 0.15) is 0 Å². The van der Waals surface area contributed by atoms with Crippen molar-refractivity contribution in [1.29, 1.82) is 0 Å². The van der Waals surface area contributed by atoms with Crippen molar-refractivity contribution in [3.8, 4) is 0 Å². The minimum Gasteiger partial charge on any atom is -0.329 e. The predicted octanol–water partition coefficient (Wildman–Crippen LogP) is 0.552. The van der Waals surface area contributed by atoms with Crippen molar-refractivity contribution in [2.75, 3.05) is 26.2 Å². The Morgan fingerprint density at radius 2 is 2.36 bits per heavy atom. The molecule has 2 heterocycles. The maximum Gasteiger partial charge on any atom is 0.0330 e. The highest BCUT2D eigenvalue weighted by Gasteiger charge is 2.39. The zero-order valence-corrected chi connectivity index (χ0v) is 9.26. The van der Waals surface area contributed by atoms with Crippen LogP contribution in [0.2, 0.25) is 0 Å². The number of likely N-dealkylation sites (N-methyl/N-ethyl adjacent to an activating group) is 1. The molecule has 0 bridgehead atoms. The number of fused-ring (bicyclic) bond motifs is 1. The summed E-state index contributed by atoms with van der Waals surface area (Å²) in [5, 5.41) is 3.61. The van der Waals surface area contributed by atoms with E-state index in [-0.39, 0.29) is 5.54 Å². The normalized spacial score (nSPS) is 38.6. The molecule has 3 heteroatoms. The second-order valence-corrected chi connectivity index (χ2v) is 4.80. The third-order valence-corrected chi connectivity index (χ3v) is 3.95. The summed E-state index contributed by atoms with van der Waals surface area (Å²) in [6, 6.07) is 0.811. The van der Waals surface area contributed by atoms with Crippen LogP contribution >= 0.6 is 0 Å². The van der Waals surface area contributed by atoms with Crippen molar-refractivity contribution in [3.63, 3.8) is 0 Å². The number of hydrogen-bond donors (Lipinski definition) is 2. The molecule has 0 saturated carbocycles. The number of rotatable bonds is 3. The topological polar surface area (TPSA) is 41.3 Å². The molecule has 2 rings (SSSR count). The van der Waals surface area contributed by atoms with Gasteiger partial charge in [0.05, 0.1) is 0 Å². The summed E-state index contributed by atoms with van der Waals surface area (Å²) in [5.74, 6) is 0. The smallest absolute Gasteiger partial charge is 0.0330 e. The van der Waals surface area contributed by atoms with E-state index in [2.05, 4.69) is 17.1 Å². The first-order valence-electron chi connectivity index (χ1n) is 5.99. The summed E-state index contributed by atoms with van der Waals surface area (Å²) in [5.41, 5.74) is 6.18. The van der Waals surface area contributed by atoms with Crippen LogP contribution in [-0.2, 0) is 0 Å². The molecule has 2 atom stereocenters. The van der Waals surface area contributed by atoms with Crippen LogP contribution < -0.4 is 11.1 Å². The number of nitrogens with two attached hydrogens (primary N) is 1. The summed E-state index contributed by atoms with van der Waals surface area (Å²) >= 11 is 0. The lowest BCUT2D eigenvalue weighted by Crippen LogP contribution is -2.59. The fourth-order valence-corrected chi connectivity index (χ4v) is 3.12. The summed E-state index contributed by atoms with van der Waals surface area (Å²) < 4.78 is 0. The molecular weight excluding hydrogens is 174 g/mol. The molecule has 0 radical (unpaired) electrons. The van der Waals surface area contributed by atoms with Crippen LogP contribution in [-0.4, -0.2) is 42.7 Å². The Morgan fingerprint density at radius 3 is 3.07 bits per heavy atom. The van der Waals surface area contributed by atoms with Gasteiger partial charge >= 0.3 is 0 Å². The Balaban J connectivity index is 2.00. The quantitative estimate of drug-likeness (QED) is 0.694. The van der Waals surface area contributed by atoms with Crippen LogP contribution in [0.25, 0.3) is 0 Å². The van der Waals surface area contributed by atoms with Crippen molar-refractivity contribution in [2.45, 2.75) is 44.2 Å². The summed E-state index contributed by atoms with van der Waals surface area (Å²) in [6.45, 7) is 6.58. The molecule has 0 amide bonds. The van der Waals surface area contributed by atoms with Crippen LogP contribution in [0.3, 0.4) is 0 Å². The Morgan fingerprint density at radius 1 is 1.50 bits per heavy atom. The molecule has 0 aromatic rings. The minimum atomic E-state index is 0.250. The van der Waals surface area contributed by atoms with Crippen molar-refractivity contribution < 1.29 is 0 Å². The van der Waals surface area contributed by atoms with Gasteiger partial charge < -0.3 is 16.0 Å². The lowest BCUT2D eigenvalue weighted by atomic mass is 9.83. The number of nitrogens with one attached hydrogen (secondary N) is 1. The van der Waals surface area contributed by atoms with Gasteiger partial charge in [-0.05, 0) is 38.8 Å². The molecule has 2 fully saturated rings. The maximum atomic E-state index is 5.93. The van der Waals surface area contributed by atoms with E-state index >= 15 is 0 Å². The fourth-order valence-electron chi connectivity index (χ4n) is 3.12. The third-order valence-electron chi connectivity index (χ3n) is 3.95. The van der Waals surface area contributed by atoms with E-state index < -0.39 is 0 Å². The van der Waals surface area contributed by atoms with Crippen molar-refractivity contribution in [1.82, 2.24) is 10.2 Å². The van der Waals surface area contributed by atoms with Crippen LogP contribution in [0.5, 0.6) is 0 Å². The van der Waals surface area contributed by atoms with Gasteiger partial charge in [0, 0.05) is 24.7 Å². The average Bonchev–Trinajstić information content (AvgIpc) is 2.65. The van der Waals surface area contributed by atoms with Crippen molar-refractivity contribution in [2.24, 2.45) is 5.73 Å². The first kappa shape index (κ1) is 10.4. The number of hydrogen-bond acceptors (Lipinski definition) is 3. The van der Waals surface area contributed by atoms with E-state index in [0.29, 0.717) is 0 Å². The molecule has 2 unspecified atom stereocenters. The molecular formula is C11H23N3. The Bertz CT molecular complexity index is 195. The molecule has 0 spiro atoms. The highest BCUT2D eigenvalue weighted by atomic mass is 15.2. The first-order chi connectivity index (χ1) is 6.79. The molecule has 3 nitrogen and oxygen atoms in total. The molecule has 2 aliphatic heterocycles. The second kappa shape index (κ2) is 4.17. The zero-order chi connectivity index (χ0) is 10.0. The van der Waals surface area contributed by atoms with Crippen molar-refractivity contribution >= 4 is 0 Å². The molecule has 2 saturated heterocycles. The first-order valence-corrected chi connectivity index (χ1v) is 5.99. The highest BCUT2D eigenvalue weighted by molar-refractivity contribution is 5.00. The van der Waals surface area contributed by atoms with Gasteiger partial charge in [-0.15, -0.1) is 0 Å². The largest absolute Gasteiger partial charge is 0.329 e. The Labute approximate surface area is 87.0 Å². The summed E-state index contributed by atoms with van der Waals surface area (Å²) in [7, 11) is 0. The molecule has 82 valence electrons. The minimum absolute atomic E-state index is 0.250. The van der Waals surface area contributed by atoms with Crippen LogP contribution in [0.1, 0.15) is 32.6 Å². The number of piperidine rings is 1. The average molecular weight is 197 g/mol. The highest BCUT2D eigenvalue weighted by Crippen LogP contribution is 2.32. The van der Waals surface area contributed by atoms with E-state index in [1.54, 1.807) is 0 Å². The van der Waals surface area contributed by atoms with Crippen LogP contribution in [0.4, 0.5) is 0 Å². The molecule has 2 aliphatic rings. The van der Waals surface area contributed by atoms with Crippen LogP contribution in [0, 0.1) is 0 Å². The lowest BCUT2D eigenvalue weighted by Gasteiger charge is -2.44. The van der Waals surface area contributed by atoms with Crippen molar-refractivity contribution in [3.05, 3.63) is 0 Å². The monoisotopic (exact) mass is 197 g/mol. The summed E-state index contributed by atoms with van der Waals surface area (Å²) in [4.78, 5) is 2.64. The van der Waals surface area contributed by atoms with E-state index in [0.717, 1.165) is 19.1 Å². The molecule has 14 heavy (non-hydrogen) atoms. The SMILES string of the molecule is CCNC1(CN)CCN2CCCC2C1. The van der Waals surface area contributed by atoms with Gasteiger partial charge in [0.15, 0.2) is 0 Å². The standard InChI is InChI=1S/C11H23N3/c1-2-13-11(9-12)5-7-14-6-3-4-10(14)8-11/h10,13H,2-9,12H2,1H3. The predicted molar refractivity (Wildman–Crippen MR) is 59.3 cm³/mol. The molecule has 3 N–H and O–H groups in total. The molecule has 0 aliphatic carbocycles. The van der Waals surface area contributed by atoms with E-state index in [4.69, 9.17) is 5.73 Å². The van der Waals surface area contributed by atoms with Gasteiger partial charge in [-0.25, -0.2) is 0 Å². The molecule has 0 aromatic carbocycles. The second-order valence-electron chi connectivity index (χ2n) is 4.80. The third kappa shape index (κ3) is 1.81. The van der Waals surface area contributed by atoms with E-state index in [1.807, 2.05) is 0 Å². The summed E-state index contributed by atoms with van der Waals surface area (Å²) in [6.07, 6.45) is 5.26. The Hall–Kier alpha value is -0.120. The lowest BCUT2D eigenvalue weighted by molar-refractivity contribution is 0.112. The Kier molecular flexibility index (Phi) is 3.10. The van der Waals surface area contributed by atoms with Gasteiger partial charge in [-0.3, -0.25) is 0 Å². The maximum absolute atomic E-state index is 5.93. The fraction of sp³-hybridized carbons (Fsp3) is 1.00. The van der Waals surface area contributed by atoms with Crippen LogP contribution in [0.15, 0.2) is 0 Å². The number of nitrogens with zero attached hydrogens (tertiary/aromatic N) is 1. The van der Waals surface area contributed by atoms with Gasteiger partial charge in [-0.1, -0.05) is 6.92 Å². The zero-order valence-electron chi connectivity index (χ0n) is 9.26. The van der Waals surface area contributed by atoms with Gasteiger partial charge in [0.25, 0.3) is 0 Å². The van der Waals surface area contributed by atoms with E-state index in [1.165, 1.54) is 38.8 Å².